The van der Waals surface area contributed by atoms with Crippen LogP contribution in [0, 0.1) is 5.92 Å². The summed E-state index contributed by atoms with van der Waals surface area (Å²) >= 11 is 0. The molecule has 0 fully saturated rings. The highest BCUT2D eigenvalue weighted by Crippen LogP contribution is 2.26. The molecule has 0 amide bonds. The minimum absolute atomic E-state index is 0.883. The molecule has 166 valence electrons. The van der Waals surface area contributed by atoms with E-state index in [9.17, 15) is 0 Å². The molecular weight excluding hydrogens is 338 g/mol. The average molecular weight is 392 g/mol. The topological polar surface area (TPSA) is 3.24 Å². The summed E-state index contributed by atoms with van der Waals surface area (Å²) in [6.07, 6.45) is 23.3. The van der Waals surface area contributed by atoms with Crippen molar-refractivity contribution in [2.45, 2.75) is 123 Å². The van der Waals surface area contributed by atoms with E-state index >= 15 is 0 Å². The molecule has 0 saturated carbocycles. The summed E-state index contributed by atoms with van der Waals surface area (Å²) < 4.78 is 0. The van der Waals surface area contributed by atoms with Crippen LogP contribution in [0.2, 0.25) is 0 Å². The van der Waals surface area contributed by atoms with Gasteiger partial charge in [0.1, 0.15) is 0 Å². The lowest BCUT2D eigenvalue weighted by molar-refractivity contribution is 0.382. The number of nitrogens with zero attached hydrogens (tertiary/aromatic N) is 1. The number of unbranched alkanes of at least 4 members (excludes halogenated alkanes) is 9. The highest BCUT2D eigenvalue weighted by atomic mass is 15.0. The Morgan fingerprint density at radius 1 is 0.714 bits per heavy atom. The first-order valence-corrected chi connectivity index (χ1v) is 12.4. The summed E-state index contributed by atoms with van der Waals surface area (Å²) in [6, 6.07) is 0. The molecule has 1 atom stereocenters. The predicted octanol–water partition coefficient (Wildman–Crippen LogP) is 8.95. The summed E-state index contributed by atoms with van der Waals surface area (Å²) in [6.45, 7) is 14.1. The van der Waals surface area contributed by atoms with Crippen molar-refractivity contribution in [3.05, 3.63) is 24.3 Å². The molecule has 0 aromatic heterocycles. The van der Waals surface area contributed by atoms with E-state index in [1.807, 2.05) is 0 Å². The van der Waals surface area contributed by atoms with Gasteiger partial charge in [-0.1, -0.05) is 102 Å². The maximum atomic E-state index is 4.42. The third-order valence-corrected chi connectivity index (χ3v) is 5.89. The Labute approximate surface area is 179 Å². The molecule has 0 radical (unpaired) electrons. The second-order valence-corrected chi connectivity index (χ2v) is 9.55. The van der Waals surface area contributed by atoms with Crippen molar-refractivity contribution in [3.63, 3.8) is 0 Å². The molecule has 1 nitrogen and oxygen atoms in total. The number of hydrogen-bond donors (Lipinski definition) is 0. The first-order chi connectivity index (χ1) is 13.5. The van der Waals surface area contributed by atoms with Gasteiger partial charge in [0.05, 0.1) is 0 Å². The lowest BCUT2D eigenvalue weighted by Gasteiger charge is -2.19. The van der Waals surface area contributed by atoms with Gasteiger partial charge in [0.15, 0.2) is 0 Å². The molecular formula is C27H53N. The van der Waals surface area contributed by atoms with Gasteiger partial charge in [-0.15, -0.1) is 6.58 Å². The van der Waals surface area contributed by atoms with Crippen LogP contribution in [0.3, 0.4) is 0 Å². The van der Waals surface area contributed by atoms with Crippen LogP contribution in [-0.4, -0.2) is 25.5 Å². The van der Waals surface area contributed by atoms with E-state index < -0.39 is 0 Å². The molecule has 0 bridgehead atoms. The Kier molecular flexibility index (Phi) is 19.3. The zero-order valence-corrected chi connectivity index (χ0v) is 20.2. The molecule has 0 aromatic rings. The maximum Gasteiger partial charge on any atom is -0.00218 e. The van der Waals surface area contributed by atoms with E-state index in [4.69, 9.17) is 0 Å². The molecule has 0 heterocycles. The van der Waals surface area contributed by atoms with Crippen LogP contribution in [0.4, 0.5) is 0 Å². The summed E-state index contributed by atoms with van der Waals surface area (Å²) in [5.41, 5.74) is 2.84. The summed E-state index contributed by atoms with van der Waals surface area (Å²) in [5.74, 6) is 0.883. The monoisotopic (exact) mass is 391 g/mol. The van der Waals surface area contributed by atoms with Crippen molar-refractivity contribution in [2.75, 3.05) is 20.6 Å². The lowest BCUT2D eigenvalue weighted by Crippen LogP contribution is -2.13. The maximum absolute atomic E-state index is 4.42. The SMILES string of the molecule is C=C(C)CCCCCCCC(CCCCCCCC)CC(=C)CCCN(C)C. The van der Waals surface area contributed by atoms with E-state index in [0.717, 1.165) is 5.92 Å². The molecule has 0 aliphatic rings. The fraction of sp³-hybridized carbons (Fsp3) is 0.852. The third kappa shape index (κ3) is 20.2. The van der Waals surface area contributed by atoms with Gasteiger partial charge in [-0.3, -0.25) is 0 Å². The van der Waals surface area contributed by atoms with Crippen molar-refractivity contribution in [2.24, 2.45) is 5.92 Å². The van der Waals surface area contributed by atoms with Gasteiger partial charge in [0.25, 0.3) is 0 Å². The van der Waals surface area contributed by atoms with Crippen LogP contribution in [0.25, 0.3) is 0 Å². The first-order valence-electron chi connectivity index (χ1n) is 12.4. The molecule has 28 heavy (non-hydrogen) atoms. The van der Waals surface area contributed by atoms with Crippen molar-refractivity contribution >= 4 is 0 Å². The van der Waals surface area contributed by atoms with Crippen molar-refractivity contribution in [1.29, 1.82) is 0 Å². The second-order valence-electron chi connectivity index (χ2n) is 9.55. The van der Waals surface area contributed by atoms with E-state index in [0.29, 0.717) is 0 Å². The molecule has 0 aliphatic carbocycles. The Morgan fingerprint density at radius 3 is 1.79 bits per heavy atom. The summed E-state index contributed by atoms with van der Waals surface area (Å²) in [5, 5.41) is 0. The van der Waals surface area contributed by atoms with Gasteiger partial charge in [0, 0.05) is 0 Å². The molecule has 0 aliphatic heterocycles. The van der Waals surface area contributed by atoms with Crippen molar-refractivity contribution < 1.29 is 0 Å². The highest BCUT2D eigenvalue weighted by molar-refractivity contribution is 4.96. The molecule has 0 rings (SSSR count). The van der Waals surface area contributed by atoms with Crippen molar-refractivity contribution in [3.8, 4) is 0 Å². The van der Waals surface area contributed by atoms with E-state index in [1.54, 1.807) is 0 Å². The largest absolute Gasteiger partial charge is 0.309 e. The Morgan fingerprint density at radius 2 is 1.25 bits per heavy atom. The lowest BCUT2D eigenvalue weighted by atomic mass is 9.88. The van der Waals surface area contributed by atoms with Gasteiger partial charge in [0.2, 0.25) is 0 Å². The van der Waals surface area contributed by atoms with Gasteiger partial charge >= 0.3 is 0 Å². The summed E-state index contributed by atoms with van der Waals surface area (Å²) in [7, 11) is 4.33. The van der Waals surface area contributed by atoms with Gasteiger partial charge < -0.3 is 4.90 Å². The van der Waals surface area contributed by atoms with Gasteiger partial charge in [-0.25, -0.2) is 0 Å². The quantitative estimate of drug-likeness (QED) is 0.139. The minimum Gasteiger partial charge on any atom is -0.309 e. The fourth-order valence-electron chi connectivity index (χ4n) is 4.11. The van der Waals surface area contributed by atoms with Crippen LogP contribution in [-0.2, 0) is 0 Å². The molecule has 1 unspecified atom stereocenters. The normalized spacial score (nSPS) is 12.5. The number of rotatable bonds is 21. The van der Waals surface area contributed by atoms with E-state index in [-0.39, 0.29) is 0 Å². The van der Waals surface area contributed by atoms with E-state index in [2.05, 4.69) is 46.0 Å². The Hall–Kier alpha value is -0.560. The number of hydrogen-bond acceptors (Lipinski definition) is 1. The van der Waals surface area contributed by atoms with Crippen molar-refractivity contribution in [1.82, 2.24) is 4.90 Å². The van der Waals surface area contributed by atoms with Gasteiger partial charge in [-0.2, -0.15) is 0 Å². The molecule has 1 heteroatoms. The van der Waals surface area contributed by atoms with Crippen LogP contribution >= 0.6 is 0 Å². The Bertz CT molecular complexity index is 368. The van der Waals surface area contributed by atoms with Crippen LogP contribution in [0.1, 0.15) is 123 Å². The van der Waals surface area contributed by atoms with Crippen LogP contribution in [0.5, 0.6) is 0 Å². The zero-order valence-electron chi connectivity index (χ0n) is 20.2. The first kappa shape index (κ1) is 27.4. The fourth-order valence-corrected chi connectivity index (χ4v) is 4.11. The predicted molar refractivity (Wildman–Crippen MR) is 130 cm³/mol. The zero-order chi connectivity index (χ0) is 21.0. The highest BCUT2D eigenvalue weighted by Gasteiger charge is 2.11. The minimum atomic E-state index is 0.883. The molecule has 0 spiro atoms. The third-order valence-electron chi connectivity index (χ3n) is 5.89. The number of allylic oxidation sites excluding steroid dienone is 2. The average Bonchev–Trinajstić information content (AvgIpc) is 2.62. The second kappa shape index (κ2) is 19.7. The molecule has 0 aromatic carbocycles. The Balaban J connectivity index is 4.05. The summed E-state index contributed by atoms with van der Waals surface area (Å²) in [4.78, 5) is 2.29. The standard InChI is InChI=1S/C27H53N/c1-7-8-9-10-13-16-21-27(24-26(4)20-18-23-28(5)6)22-17-14-11-12-15-19-25(2)3/h27H,2,4,7-24H2,1,3,5-6H3. The van der Waals surface area contributed by atoms with Crippen LogP contribution < -0.4 is 0 Å². The van der Waals surface area contributed by atoms with Gasteiger partial charge in [-0.05, 0) is 65.6 Å². The van der Waals surface area contributed by atoms with Crippen LogP contribution in [0.15, 0.2) is 24.3 Å². The van der Waals surface area contributed by atoms with E-state index in [1.165, 1.54) is 127 Å². The molecule has 0 N–H and O–H groups in total. The smallest absolute Gasteiger partial charge is 0.00218 e. The molecule has 0 saturated heterocycles.